The third kappa shape index (κ3) is 5.45. The molecule has 0 radical (unpaired) electrons. The number of alkyl carbamates (subject to hydrolysis) is 1. The number of likely N-dealkylation sites (N-methyl/N-ethyl adjacent to an activating group) is 1. The lowest BCUT2D eigenvalue weighted by Crippen LogP contribution is -2.49. The summed E-state index contributed by atoms with van der Waals surface area (Å²) in [6.45, 7) is 1.90. The molecule has 2 unspecified atom stereocenters. The highest BCUT2D eigenvalue weighted by Crippen LogP contribution is 2.44. The molecular weight excluding hydrogens is 412 g/mol. The number of hydrogen-bond acceptors (Lipinski definition) is 5. The van der Waals surface area contributed by atoms with Crippen molar-refractivity contribution in [1.29, 1.82) is 0 Å². The molecule has 0 aliphatic heterocycles. The van der Waals surface area contributed by atoms with E-state index >= 15 is 0 Å². The average Bonchev–Trinajstić information content (AvgIpc) is 3.08. The first-order chi connectivity index (χ1) is 15.3. The number of carboxylic acid groups (broad SMARTS) is 1. The zero-order valence-corrected chi connectivity index (χ0v) is 18.2. The van der Waals surface area contributed by atoms with Crippen molar-refractivity contribution < 1.29 is 29.3 Å². The number of carboxylic acids is 1. The minimum Gasteiger partial charge on any atom is -0.481 e. The molecule has 1 aliphatic rings. The number of ether oxygens (including phenoxy) is 1. The van der Waals surface area contributed by atoms with Gasteiger partial charge in [0.15, 0.2) is 0 Å². The van der Waals surface area contributed by atoms with Crippen molar-refractivity contribution in [3.8, 4) is 11.1 Å². The van der Waals surface area contributed by atoms with Gasteiger partial charge in [-0.15, -0.1) is 0 Å². The molecule has 2 aromatic carbocycles. The molecule has 0 saturated carbocycles. The van der Waals surface area contributed by atoms with Gasteiger partial charge in [0.1, 0.15) is 12.6 Å². The predicted octanol–water partition coefficient (Wildman–Crippen LogP) is 2.60. The second kappa shape index (κ2) is 10.3. The molecule has 2 amide bonds. The Labute approximate surface area is 186 Å². The van der Waals surface area contributed by atoms with Gasteiger partial charge < -0.3 is 25.2 Å². The van der Waals surface area contributed by atoms with Crippen LogP contribution in [-0.4, -0.2) is 65.4 Å². The maximum atomic E-state index is 12.6. The van der Waals surface area contributed by atoms with Crippen LogP contribution < -0.4 is 5.32 Å². The van der Waals surface area contributed by atoms with E-state index in [0.29, 0.717) is 6.42 Å². The molecule has 1 aliphatic carbocycles. The van der Waals surface area contributed by atoms with Crippen LogP contribution in [0.3, 0.4) is 0 Å². The molecule has 3 rings (SSSR count). The third-order valence-corrected chi connectivity index (χ3v) is 5.57. The summed E-state index contributed by atoms with van der Waals surface area (Å²) >= 11 is 0. The van der Waals surface area contributed by atoms with Crippen LogP contribution >= 0.6 is 0 Å². The molecular formula is C24H28N2O6. The Hall–Kier alpha value is -3.39. The third-order valence-electron chi connectivity index (χ3n) is 5.57. The topological polar surface area (TPSA) is 116 Å². The van der Waals surface area contributed by atoms with E-state index in [1.807, 2.05) is 48.5 Å². The molecule has 0 saturated heterocycles. The number of carbonyl (C=O) groups is 3. The van der Waals surface area contributed by atoms with Crippen molar-refractivity contribution in [3.63, 3.8) is 0 Å². The molecule has 2 aromatic rings. The number of aliphatic hydroxyl groups excluding tert-OH is 1. The Balaban J connectivity index is 1.65. The quantitative estimate of drug-likeness (QED) is 0.552. The van der Waals surface area contributed by atoms with Crippen molar-refractivity contribution >= 4 is 18.0 Å². The predicted molar refractivity (Wildman–Crippen MR) is 118 cm³/mol. The van der Waals surface area contributed by atoms with Gasteiger partial charge in [-0.1, -0.05) is 48.5 Å². The highest BCUT2D eigenvalue weighted by atomic mass is 16.5. The van der Waals surface area contributed by atoms with E-state index in [2.05, 4.69) is 5.32 Å². The van der Waals surface area contributed by atoms with E-state index in [4.69, 9.17) is 9.84 Å². The molecule has 0 fully saturated rings. The van der Waals surface area contributed by atoms with Crippen LogP contribution in [0.2, 0.25) is 0 Å². The molecule has 0 aromatic heterocycles. The van der Waals surface area contributed by atoms with E-state index in [1.165, 1.54) is 11.9 Å². The van der Waals surface area contributed by atoms with Gasteiger partial charge in [0.2, 0.25) is 5.91 Å². The molecule has 170 valence electrons. The molecule has 2 atom stereocenters. The lowest BCUT2D eigenvalue weighted by Gasteiger charge is -2.24. The number of amides is 2. The summed E-state index contributed by atoms with van der Waals surface area (Å²) in [5, 5.41) is 21.0. The summed E-state index contributed by atoms with van der Waals surface area (Å²) in [6, 6.07) is 14.6. The number of carbonyl (C=O) groups excluding carboxylic acids is 2. The van der Waals surface area contributed by atoms with E-state index in [9.17, 15) is 19.5 Å². The van der Waals surface area contributed by atoms with Crippen molar-refractivity contribution in [2.75, 3.05) is 20.2 Å². The van der Waals surface area contributed by atoms with E-state index in [1.54, 1.807) is 6.92 Å². The summed E-state index contributed by atoms with van der Waals surface area (Å²) < 4.78 is 5.43. The van der Waals surface area contributed by atoms with Gasteiger partial charge in [0, 0.05) is 19.5 Å². The standard InChI is InChI=1S/C24H28N2O6/c1-15(27)11-12-26(2)23(30)21(13-22(28)29)25-24(31)32-14-20-18-9-5-3-7-16(18)17-8-4-6-10-19(17)20/h3-10,15,20-21,27H,11-14H2,1-2H3,(H,25,31)(H,28,29). The van der Waals surface area contributed by atoms with Crippen LogP contribution in [0.1, 0.15) is 36.8 Å². The van der Waals surface area contributed by atoms with E-state index in [-0.39, 0.29) is 19.1 Å². The van der Waals surface area contributed by atoms with Crippen molar-refractivity contribution in [2.24, 2.45) is 0 Å². The van der Waals surface area contributed by atoms with Gasteiger partial charge in [-0.2, -0.15) is 0 Å². The fraction of sp³-hybridized carbons (Fsp3) is 0.375. The van der Waals surface area contributed by atoms with Crippen LogP contribution in [0, 0.1) is 0 Å². The average molecular weight is 440 g/mol. The van der Waals surface area contributed by atoms with Crippen molar-refractivity contribution in [1.82, 2.24) is 10.2 Å². The Kier molecular flexibility index (Phi) is 7.48. The summed E-state index contributed by atoms with van der Waals surface area (Å²) in [6.07, 6.45) is -1.68. The zero-order chi connectivity index (χ0) is 23.3. The lowest BCUT2D eigenvalue weighted by molar-refractivity contribution is -0.142. The Morgan fingerprint density at radius 2 is 1.62 bits per heavy atom. The number of fused-ring (bicyclic) bond motifs is 3. The number of nitrogens with one attached hydrogen (secondary N) is 1. The molecule has 0 spiro atoms. The van der Waals surface area contributed by atoms with Gasteiger partial charge in [0.25, 0.3) is 0 Å². The fourth-order valence-electron chi connectivity index (χ4n) is 3.91. The first kappa shape index (κ1) is 23.3. The van der Waals surface area contributed by atoms with Crippen molar-refractivity contribution in [3.05, 3.63) is 59.7 Å². The number of benzene rings is 2. The highest BCUT2D eigenvalue weighted by molar-refractivity contribution is 5.89. The first-order valence-corrected chi connectivity index (χ1v) is 10.5. The number of aliphatic hydroxyl groups is 1. The Morgan fingerprint density at radius 1 is 1.06 bits per heavy atom. The Bertz CT molecular complexity index is 944. The normalized spacial score (nSPS) is 14.1. The van der Waals surface area contributed by atoms with Crippen LogP contribution in [0.5, 0.6) is 0 Å². The summed E-state index contributed by atoms with van der Waals surface area (Å²) in [7, 11) is 1.50. The molecule has 3 N–H and O–H groups in total. The first-order valence-electron chi connectivity index (χ1n) is 10.5. The largest absolute Gasteiger partial charge is 0.481 e. The number of rotatable bonds is 9. The summed E-state index contributed by atoms with van der Waals surface area (Å²) in [5.74, 6) is -1.91. The fourth-order valence-corrected chi connectivity index (χ4v) is 3.91. The maximum absolute atomic E-state index is 12.6. The Morgan fingerprint density at radius 3 is 2.16 bits per heavy atom. The van der Waals surface area contributed by atoms with Gasteiger partial charge in [-0.25, -0.2) is 4.79 Å². The van der Waals surface area contributed by atoms with Crippen LogP contribution in [0.15, 0.2) is 48.5 Å². The number of nitrogens with zero attached hydrogens (tertiary/aromatic N) is 1. The molecule has 32 heavy (non-hydrogen) atoms. The number of aliphatic carboxylic acids is 1. The van der Waals surface area contributed by atoms with E-state index < -0.39 is 36.5 Å². The summed E-state index contributed by atoms with van der Waals surface area (Å²) in [4.78, 5) is 37.6. The SMILES string of the molecule is CC(O)CCN(C)C(=O)C(CC(=O)O)NC(=O)OCC1c2ccccc2-c2ccccc21. The smallest absolute Gasteiger partial charge is 0.407 e. The minimum atomic E-state index is -1.26. The number of hydrogen-bond donors (Lipinski definition) is 3. The molecule has 8 nitrogen and oxygen atoms in total. The van der Waals surface area contributed by atoms with Gasteiger partial charge in [-0.05, 0) is 35.6 Å². The van der Waals surface area contributed by atoms with E-state index in [0.717, 1.165) is 22.3 Å². The summed E-state index contributed by atoms with van der Waals surface area (Å²) in [5.41, 5.74) is 4.29. The molecule has 8 heteroatoms. The maximum Gasteiger partial charge on any atom is 0.407 e. The second-order valence-corrected chi connectivity index (χ2v) is 8.02. The van der Waals surface area contributed by atoms with Crippen LogP contribution in [0.4, 0.5) is 4.79 Å². The van der Waals surface area contributed by atoms with Crippen molar-refractivity contribution in [2.45, 2.75) is 37.8 Å². The van der Waals surface area contributed by atoms with Crippen LogP contribution in [-0.2, 0) is 14.3 Å². The van der Waals surface area contributed by atoms with Gasteiger partial charge in [0.05, 0.1) is 12.5 Å². The van der Waals surface area contributed by atoms with Crippen LogP contribution in [0.25, 0.3) is 11.1 Å². The zero-order valence-electron chi connectivity index (χ0n) is 18.2. The molecule has 0 heterocycles. The highest BCUT2D eigenvalue weighted by Gasteiger charge is 2.31. The lowest BCUT2D eigenvalue weighted by atomic mass is 9.98. The molecule has 0 bridgehead atoms. The second-order valence-electron chi connectivity index (χ2n) is 8.02. The van der Waals surface area contributed by atoms with Gasteiger partial charge in [-0.3, -0.25) is 9.59 Å². The minimum absolute atomic E-state index is 0.0612. The van der Waals surface area contributed by atoms with Gasteiger partial charge >= 0.3 is 12.1 Å². The monoisotopic (exact) mass is 440 g/mol.